The molecule has 2 aromatic rings. The first-order chi connectivity index (χ1) is 12.9. The lowest BCUT2D eigenvalue weighted by atomic mass is 10.1. The van der Waals surface area contributed by atoms with Crippen molar-refractivity contribution >= 4 is 27.7 Å². The third-order valence-electron chi connectivity index (χ3n) is 3.84. The van der Waals surface area contributed by atoms with Crippen LogP contribution in [0.25, 0.3) is 0 Å². The third kappa shape index (κ3) is 7.93. The molecule has 0 aromatic heterocycles. The first-order valence-corrected chi connectivity index (χ1v) is 9.73. The average Bonchev–Trinajstić information content (AvgIpc) is 2.66. The van der Waals surface area contributed by atoms with E-state index in [2.05, 4.69) is 26.6 Å². The molecule has 0 unspecified atom stereocenters. The van der Waals surface area contributed by atoms with Crippen molar-refractivity contribution in [3.05, 3.63) is 69.7 Å². The maximum absolute atomic E-state index is 12.0. The lowest BCUT2D eigenvalue weighted by Crippen LogP contribution is -2.30. The number of halogens is 1. The standard InChI is InChI=1S/C21H25BrN2O3/c1-15(2)27-14-17-5-3-16(4-6-17)13-24-20(25)11-12-23-21(26)18-7-9-19(22)10-8-18/h3-10,15H,11-14H2,1-2H3,(H,23,26)(H,24,25). The van der Waals surface area contributed by atoms with E-state index < -0.39 is 0 Å². The van der Waals surface area contributed by atoms with Crippen LogP contribution in [0.15, 0.2) is 53.0 Å². The van der Waals surface area contributed by atoms with Crippen molar-refractivity contribution in [3.63, 3.8) is 0 Å². The van der Waals surface area contributed by atoms with Gasteiger partial charge in [-0.2, -0.15) is 0 Å². The molecule has 144 valence electrons. The van der Waals surface area contributed by atoms with Crippen molar-refractivity contribution in [3.8, 4) is 0 Å². The fourth-order valence-corrected chi connectivity index (χ4v) is 2.56. The van der Waals surface area contributed by atoms with Gasteiger partial charge in [-0.1, -0.05) is 40.2 Å². The molecule has 2 N–H and O–H groups in total. The first kappa shape index (κ1) is 21.1. The van der Waals surface area contributed by atoms with Crippen LogP contribution < -0.4 is 10.6 Å². The molecule has 0 saturated carbocycles. The third-order valence-corrected chi connectivity index (χ3v) is 4.37. The van der Waals surface area contributed by atoms with E-state index in [9.17, 15) is 9.59 Å². The minimum Gasteiger partial charge on any atom is -0.374 e. The second-order valence-corrected chi connectivity index (χ2v) is 7.38. The smallest absolute Gasteiger partial charge is 0.251 e. The number of rotatable bonds is 9. The number of carbonyl (C=O) groups is 2. The number of carbonyl (C=O) groups excluding carboxylic acids is 2. The Hall–Kier alpha value is -2.18. The van der Waals surface area contributed by atoms with Crippen LogP contribution in [-0.2, 0) is 22.7 Å². The molecule has 2 amide bonds. The monoisotopic (exact) mass is 432 g/mol. The number of hydrogen-bond acceptors (Lipinski definition) is 3. The highest BCUT2D eigenvalue weighted by Gasteiger charge is 2.07. The van der Waals surface area contributed by atoms with Gasteiger partial charge in [-0.25, -0.2) is 0 Å². The Bertz CT molecular complexity index is 743. The molecular formula is C21H25BrN2O3. The topological polar surface area (TPSA) is 67.4 Å². The Morgan fingerprint density at radius 1 is 0.963 bits per heavy atom. The molecular weight excluding hydrogens is 408 g/mol. The fraction of sp³-hybridized carbons (Fsp3) is 0.333. The van der Waals surface area contributed by atoms with Crippen molar-refractivity contribution in [2.75, 3.05) is 6.54 Å². The summed E-state index contributed by atoms with van der Waals surface area (Å²) in [5.41, 5.74) is 2.70. The van der Waals surface area contributed by atoms with Gasteiger partial charge in [0.1, 0.15) is 0 Å². The summed E-state index contributed by atoms with van der Waals surface area (Å²) in [5, 5.41) is 5.61. The first-order valence-electron chi connectivity index (χ1n) is 8.94. The Balaban J connectivity index is 1.67. The largest absolute Gasteiger partial charge is 0.374 e. The molecule has 0 saturated heterocycles. The second kappa shape index (κ2) is 10.8. The van der Waals surface area contributed by atoms with Gasteiger partial charge in [0.05, 0.1) is 12.7 Å². The van der Waals surface area contributed by atoms with Crippen LogP contribution >= 0.6 is 15.9 Å². The molecule has 0 aliphatic rings. The Morgan fingerprint density at radius 2 is 1.59 bits per heavy atom. The molecule has 0 aliphatic heterocycles. The van der Waals surface area contributed by atoms with E-state index in [0.717, 1.165) is 15.6 Å². The van der Waals surface area contributed by atoms with E-state index >= 15 is 0 Å². The van der Waals surface area contributed by atoms with Crippen LogP contribution in [-0.4, -0.2) is 24.5 Å². The summed E-state index contributed by atoms with van der Waals surface area (Å²) in [6.07, 6.45) is 0.441. The molecule has 2 aromatic carbocycles. The SMILES string of the molecule is CC(C)OCc1ccc(CNC(=O)CCNC(=O)c2ccc(Br)cc2)cc1. The summed E-state index contributed by atoms with van der Waals surface area (Å²) in [5.74, 6) is -0.284. The second-order valence-electron chi connectivity index (χ2n) is 6.47. The molecule has 0 spiro atoms. The van der Waals surface area contributed by atoms with Crippen LogP contribution in [0.2, 0.25) is 0 Å². The van der Waals surface area contributed by atoms with Gasteiger partial charge in [-0.15, -0.1) is 0 Å². The van der Waals surface area contributed by atoms with E-state index in [1.54, 1.807) is 12.1 Å². The predicted molar refractivity (Wildman–Crippen MR) is 109 cm³/mol. The summed E-state index contributed by atoms with van der Waals surface area (Å²) < 4.78 is 6.48. The van der Waals surface area contributed by atoms with Gasteiger partial charge in [-0.05, 0) is 49.2 Å². The normalized spacial score (nSPS) is 10.7. The van der Waals surface area contributed by atoms with Crippen molar-refractivity contribution < 1.29 is 14.3 Å². The lowest BCUT2D eigenvalue weighted by molar-refractivity contribution is -0.121. The Morgan fingerprint density at radius 3 is 2.22 bits per heavy atom. The van der Waals surface area contributed by atoms with Crippen molar-refractivity contribution in [1.29, 1.82) is 0 Å². The van der Waals surface area contributed by atoms with Crippen LogP contribution in [0.4, 0.5) is 0 Å². The number of hydrogen-bond donors (Lipinski definition) is 2. The summed E-state index contributed by atoms with van der Waals surface area (Å²) in [7, 11) is 0. The molecule has 6 heteroatoms. The van der Waals surface area contributed by atoms with Crippen LogP contribution in [0.5, 0.6) is 0 Å². The highest BCUT2D eigenvalue weighted by Crippen LogP contribution is 2.10. The van der Waals surface area contributed by atoms with E-state index in [-0.39, 0.29) is 24.3 Å². The van der Waals surface area contributed by atoms with E-state index in [1.165, 1.54) is 0 Å². The van der Waals surface area contributed by atoms with Gasteiger partial charge in [0, 0.05) is 29.5 Å². The number of nitrogens with one attached hydrogen (secondary N) is 2. The van der Waals surface area contributed by atoms with Crippen molar-refractivity contribution in [2.24, 2.45) is 0 Å². The molecule has 0 bridgehead atoms. The van der Waals surface area contributed by atoms with Crippen molar-refractivity contribution in [1.82, 2.24) is 10.6 Å². The molecule has 27 heavy (non-hydrogen) atoms. The molecule has 5 nitrogen and oxygen atoms in total. The number of ether oxygens (including phenoxy) is 1. The van der Waals surface area contributed by atoms with Crippen LogP contribution in [0.3, 0.4) is 0 Å². The maximum Gasteiger partial charge on any atom is 0.251 e. The van der Waals surface area contributed by atoms with Crippen LogP contribution in [0, 0.1) is 0 Å². The minimum atomic E-state index is -0.186. The Kier molecular flexibility index (Phi) is 8.48. The average molecular weight is 433 g/mol. The molecule has 0 fully saturated rings. The van der Waals surface area contributed by atoms with Gasteiger partial charge in [0.2, 0.25) is 5.91 Å². The molecule has 0 aliphatic carbocycles. The van der Waals surface area contributed by atoms with E-state index in [1.807, 2.05) is 50.2 Å². The van der Waals surface area contributed by atoms with Gasteiger partial charge in [0.15, 0.2) is 0 Å². The highest BCUT2D eigenvalue weighted by atomic mass is 79.9. The maximum atomic E-state index is 12.0. The Labute approximate surface area is 168 Å². The molecule has 0 heterocycles. The van der Waals surface area contributed by atoms with Gasteiger partial charge in [0.25, 0.3) is 5.91 Å². The minimum absolute atomic E-state index is 0.0988. The van der Waals surface area contributed by atoms with Gasteiger partial charge >= 0.3 is 0 Å². The predicted octanol–water partition coefficient (Wildman–Crippen LogP) is 3.81. The van der Waals surface area contributed by atoms with Crippen molar-refractivity contribution in [2.45, 2.75) is 39.5 Å². The quantitative estimate of drug-likeness (QED) is 0.632. The molecule has 2 rings (SSSR count). The number of benzene rings is 2. The summed E-state index contributed by atoms with van der Waals surface area (Å²) in [4.78, 5) is 23.9. The van der Waals surface area contributed by atoms with E-state index in [0.29, 0.717) is 25.3 Å². The molecule has 0 atom stereocenters. The zero-order valence-electron chi connectivity index (χ0n) is 15.6. The summed E-state index contributed by atoms with van der Waals surface area (Å²) in [6.45, 7) is 5.36. The molecule has 0 radical (unpaired) electrons. The zero-order chi connectivity index (χ0) is 19.6. The van der Waals surface area contributed by atoms with Crippen LogP contribution in [0.1, 0.15) is 41.8 Å². The fourth-order valence-electron chi connectivity index (χ4n) is 2.30. The summed E-state index contributed by atoms with van der Waals surface area (Å²) in [6, 6.07) is 15.0. The summed E-state index contributed by atoms with van der Waals surface area (Å²) >= 11 is 3.33. The van der Waals surface area contributed by atoms with Gasteiger partial charge in [-0.3, -0.25) is 9.59 Å². The van der Waals surface area contributed by atoms with Gasteiger partial charge < -0.3 is 15.4 Å². The number of amides is 2. The highest BCUT2D eigenvalue weighted by molar-refractivity contribution is 9.10. The lowest BCUT2D eigenvalue weighted by Gasteiger charge is -2.09. The van der Waals surface area contributed by atoms with E-state index in [4.69, 9.17) is 4.74 Å². The zero-order valence-corrected chi connectivity index (χ0v) is 17.2.